The minimum absolute atomic E-state index is 0.566. The van der Waals surface area contributed by atoms with Crippen LogP contribution in [0.2, 0.25) is 0 Å². The summed E-state index contributed by atoms with van der Waals surface area (Å²) >= 11 is 3.44. The van der Waals surface area contributed by atoms with Gasteiger partial charge in [0.25, 0.3) is 0 Å². The Hall–Kier alpha value is -1.13. The average molecular weight is 267 g/mol. The maximum Gasteiger partial charge on any atom is 0.145 e. The van der Waals surface area contributed by atoms with Crippen molar-refractivity contribution >= 4 is 15.9 Å². The van der Waals surface area contributed by atoms with Gasteiger partial charge in [-0.1, -0.05) is 33.2 Å². The summed E-state index contributed by atoms with van der Waals surface area (Å²) in [4.78, 5) is 0. The van der Waals surface area contributed by atoms with E-state index >= 15 is 0 Å². The third-order valence-corrected chi connectivity index (χ3v) is 2.65. The van der Waals surface area contributed by atoms with Gasteiger partial charge in [0.05, 0.1) is 6.20 Å². The normalized spacial score (nSPS) is 10.5. The van der Waals surface area contributed by atoms with E-state index in [2.05, 4.69) is 21.1 Å². The number of halogens is 1. The van der Waals surface area contributed by atoms with Gasteiger partial charge < -0.3 is 10.3 Å². The van der Waals surface area contributed by atoms with Gasteiger partial charge in [-0.25, -0.2) is 0 Å². The first-order chi connectivity index (χ1) is 7.31. The van der Waals surface area contributed by atoms with E-state index in [1.807, 2.05) is 24.3 Å². The number of nitrogens with two attached hydrogens (primary N) is 1. The predicted octanol–water partition coefficient (Wildman–Crippen LogP) is 2.61. The van der Waals surface area contributed by atoms with Gasteiger partial charge in [-0.3, -0.25) is 0 Å². The lowest BCUT2D eigenvalue weighted by molar-refractivity contribution is 0.385. The Morgan fingerprint density at radius 1 is 1.40 bits per heavy atom. The van der Waals surface area contributed by atoms with Crippen LogP contribution >= 0.6 is 15.9 Å². The highest BCUT2D eigenvalue weighted by Gasteiger charge is 2.09. The number of rotatable bonds is 3. The van der Waals surface area contributed by atoms with Crippen LogP contribution in [0.15, 0.2) is 39.5 Å². The van der Waals surface area contributed by atoms with Gasteiger partial charge in [-0.15, -0.1) is 0 Å². The summed E-state index contributed by atoms with van der Waals surface area (Å²) in [7, 11) is 0. The Morgan fingerprint density at radius 2 is 2.27 bits per heavy atom. The topological polar surface area (TPSA) is 52.0 Å². The zero-order chi connectivity index (χ0) is 10.7. The van der Waals surface area contributed by atoms with Crippen LogP contribution < -0.4 is 5.73 Å². The predicted molar refractivity (Wildman–Crippen MR) is 62.4 cm³/mol. The van der Waals surface area contributed by atoms with Crippen LogP contribution in [0.4, 0.5) is 0 Å². The largest absolute Gasteiger partial charge is 0.361 e. The van der Waals surface area contributed by atoms with Crippen LogP contribution in [0, 0.1) is 0 Å². The first-order valence-corrected chi connectivity index (χ1v) is 5.50. The van der Waals surface area contributed by atoms with E-state index in [4.69, 9.17) is 10.3 Å². The third-order valence-electron chi connectivity index (χ3n) is 2.15. The Balaban J connectivity index is 2.40. The number of hydrogen-bond donors (Lipinski definition) is 1. The molecule has 15 heavy (non-hydrogen) atoms. The monoisotopic (exact) mass is 266 g/mol. The molecule has 0 saturated carbocycles. The van der Waals surface area contributed by atoms with Gasteiger partial charge in [-0.05, 0) is 24.2 Å². The van der Waals surface area contributed by atoms with E-state index in [9.17, 15) is 0 Å². The molecule has 0 radical (unpaired) electrons. The Kier molecular flexibility index (Phi) is 3.18. The van der Waals surface area contributed by atoms with Crippen LogP contribution in [-0.2, 0) is 6.42 Å². The van der Waals surface area contributed by atoms with Crippen LogP contribution in [-0.4, -0.2) is 11.7 Å². The molecule has 0 spiro atoms. The average Bonchev–Trinajstić information content (AvgIpc) is 2.66. The second-order valence-corrected chi connectivity index (χ2v) is 4.13. The standard InChI is InChI=1S/C11H11BrN2O/c12-9-3-1-2-8(6-9)10-7-14-15-11(10)4-5-13/h1-3,6-7H,4-5,13H2. The van der Waals surface area contributed by atoms with Crippen molar-refractivity contribution in [1.29, 1.82) is 0 Å². The summed E-state index contributed by atoms with van der Waals surface area (Å²) < 4.78 is 6.20. The van der Waals surface area contributed by atoms with Crippen LogP contribution in [0.5, 0.6) is 0 Å². The zero-order valence-corrected chi connectivity index (χ0v) is 9.70. The lowest BCUT2D eigenvalue weighted by Gasteiger charge is -2.00. The summed E-state index contributed by atoms with van der Waals surface area (Å²) in [6.07, 6.45) is 2.44. The zero-order valence-electron chi connectivity index (χ0n) is 8.11. The van der Waals surface area contributed by atoms with Crippen LogP contribution in [0.25, 0.3) is 11.1 Å². The fourth-order valence-electron chi connectivity index (χ4n) is 1.47. The maximum atomic E-state index is 5.50. The van der Waals surface area contributed by atoms with Gasteiger partial charge in [-0.2, -0.15) is 0 Å². The van der Waals surface area contributed by atoms with E-state index in [0.29, 0.717) is 13.0 Å². The molecule has 0 unspecified atom stereocenters. The molecule has 2 aromatic rings. The molecule has 0 amide bonds. The molecule has 1 heterocycles. The lowest BCUT2D eigenvalue weighted by Crippen LogP contribution is -2.02. The van der Waals surface area contributed by atoms with Crippen molar-refractivity contribution < 1.29 is 4.52 Å². The first-order valence-electron chi connectivity index (χ1n) is 4.71. The fraction of sp³-hybridized carbons (Fsp3) is 0.182. The van der Waals surface area contributed by atoms with Crippen molar-refractivity contribution in [1.82, 2.24) is 5.16 Å². The first kappa shape index (κ1) is 10.4. The molecule has 4 heteroatoms. The molecule has 0 saturated heterocycles. The highest BCUT2D eigenvalue weighted by Crippen LogP contribution is 2.26. The van der Waals surface area contributed by atoms with Crippen molar-refractivity contribution in [2.75, 3.05) is 6.54 Å². The summed E-state index contributed by atoms with van der Waals surface area (Å²) in [6.45, 7) is 0.566. The quantitative estimate of drug-likeness (QED) is 0.929. The van der Waals surface area contributed by atoms with E-state index in [0.717, 1.165) is 21.4 Å². The highest BCUT2D eigenvalue weighted by molar-refractivity contribution is 9.10. The summed E-state index contributed by atoms with van der Waals surface area (Å²) in [5, 5.41) is 3.80. The molecular formula is C11H11BrN2O. The molecular weight excluding hydrogens is 256 g/mol. The van der Waals surface area contributed by atoms with Crippen molar-refractivity contribution in [3.63, 3.8) is 0 Å². The molecule has 0 bridgehead atoms. The van der Waals surface area contributed by atoms with Gasteiger partial charge in [0, 0.05) is 16.5 Å². The van der Waals surface area contributed by atoms with Crippen LogP contribution in [0.1, 0.15) is 5.76 Å². The minimum atomic E-state index is 0.566. The summed E-state index contributed by atoms with van der Waals surface area (Å²) in [5.74, 6) is 0.843. The molecule has 2 rings (SSSR count). The Bertz CT molecular complexity index is 453. The number of aromatic nitrogens is 1. The SMILES string of the molecule is NCCc1oncc1-c1cccc(Br)c1. The fourth-order valence-corrected chi connectivity index (χ4v) is 1.87. The van der Waals surface area contributed by atoms with Crippen molar-refractivity contribution in [3.8, 4) is 11.1 Å². The molecule has 0 atom stereocenters. The molecule has 78 valence electrons. The van der Waals surface area contributed by atoms with Crippen molar-refractivity contribution in [2.45, 2.75) is 6.42 Å². The molecule has 0 fully saturated rings. The second-order valence-electron chi connectivity index (χ2n) is 3.21. The van der Waals surface area contributed by atoms with E-state index in [1.54, 1.807) is 6.20 Å². The summed E-state index contributed by atoms with van der Waals surface area (Å²) in [6, 6.07) is 8.03. The summed E-state index contributed by atoms with van der Waals surface area (Å²) in [5.41, 5.74) is 7.61. The third kappa shape index (κ3) is 2.27. The number of hydrogen-bond acceptors (Lipinski definition) is 3. The van der Waals surface area contributed by atoms with E-state index < -0.39 is 0 Å². The van der Waals surface area contributed by atoms with Gasteiger partial charge in [0.15, 0.2) is 0 Å². The smallest absolute Gasteiger partial charge is 0.145 e. The van der Waals surface area contributed by atoms with Gasteiger partial charge in [0.1, 0.15) is 5.76 Å². The molecule has 0 aliphatic heterocycles. The van der Waals surface area contributed by atoms with Crippen molar-refractivity contribution in [3.05, 3.63) is 40.7 Å². The van der Waals surface area contributed by atoms with Crippen molar-refractivity contribution in [2.24, 2.45) is 5.73 Å². The van der Waals surface area contributed by atoms with Gasteiger partial charge in [0.2, 0.25) is 0 Å². The minimum Gasteiger partial charge on any atom is -0.361 e. The second kappa shape index (κ2) is 4.59. The van der Waals surface area contributed by atoms with Gasteiger partial charge >= 0.3 is 0 Å². The highest BCUT2D eigenvalue weighted by atomic mass is 79.9. The van der Waals surface area contributed by atoms with Crippen LogP contribution in [0.3, 0.4) is 0 Å². The number of nitrogens with zero attached hydrogens (tertiary/aromatic N) is 1. The molecule has 0 aliphatic rings. The molecule has 0 aliphatic carbocycles. The van der Waals surface area contributed by atoms with E-state index in [1.165, 1.54) is 0 Å². The molecule has 1 aromatic carbocycles. The Morgan fingerprint density at radius 3 is 3.00 bits per heavy atom. The molecule has 2 N–H and O–H groups in total. The van der Waals surface area contributed by atoms with E-state index in [-0.39, 0.29) is 0 Å². The molecule has 1 aromatic heterocycles. The molecule has 3 nitrogen and oxygen atoms in total. The lowest BCUT2D eigenvalue weighted by atomic mass is 10.1. The maximum absolute atomic E-state index is 5.50. The number of benzene rings is 1. The Labute approximate surface area is 96.4 Å².